The zero-order valence-electron chi connectivity index (χ0n) is 18.1. The molecule has 2 N–H and O–H groups in total. The maximum Gasteiger partial charge on any atom is 0.251 e. The molecular formula is C24H27N3O3S2. The Bertz CT molecular complexity index is 1170. The number of nitrogens with one attached hydrogen (secondary N) is 2. The maximum atomic E-state index is 12.6. The van der Waals surface area contributed by atoms with Crippen molar-refractivity contribution in [2.45, 2.75) is 25.4 Å². The van der Waals surface area contributed by atoms with Crippen LogP contribution in [0.4, 0.5) is 5.69 Å². The molecule has 168 valence electrons. The number of amides is 1. The van der Waals surface area contributed by atoms with E-state index in [0.717, 1.165) is 19.2 Å². The standard InChI is InChI=1S/C24H27N3O3S2/c1-17-16-20-12-15-31-23(20)22(18-6-4-3-5-7-18)27(17)14-13-25-24(28)19-8-10-21(11-9-19)26-32(2,29)30/h3-12,15,17,22,26H,13-14,16H2,1-2H3,(H,25,28)/t17-,22+/m1/s1. The maximum absolute atomic E-state index is 12.6. The van der Waals surface area contributed by atoms with Gasteiger partial charge in [-0.2, -0.15) is 0 Å². The molecule has 0 fully saturated rings. The lowest BCUT2D eigenvalue weighted by Crippen LogP contribution is -2.45. The van der Waals surface area contributed by atoms with Crippen molar-refractivity contribution in [2.75, 3.05) is 24.1 Å². The normalized spacial score (nSPS) is 18.7. The quantitative estimate of drug-likeness (QED) is 0.550. The molecule has 0 aliphatic carbocycles. The molecule has 32 heavy (non-hydrogen) atoms. The minimum absolute atomic E-state index is 0.173. The second-order valence-corrected chi connectivity index (χ2v) is 10.8. The molecule has 4 rings (SSSR count). The van der Waals surface area contributed by atoms with Crippen molar-refractivity contribution >= 4 is 33.0 Å². The molecular weight excluding hydrogens is 442 g/mol. The number of rotatable bonds is 7. The molecule has 1 aromatic heterocycles. The number of fused-ring (bicyclic) bond motifs is 1. The highest BCUT2D eigenvalue weighted by Crippen LogP contribution is 2.40. The van der Waals surface area contributed by atoms with Crippen LogP contribution in [0.2, 0.25) is 0 Å². The van der Waals surface area contributed by atoms with Crippen molar-refractivity contribution in [1.82, 2.24) is 10.2 Å². The zero-order valence-corrected chi connectivity index (χ0v) is 19.7. The lowest BCUT2D eigenvalue weighted by Gasteiger charge is -2.41. The molecule has 0 bridgehead atoms. The molecule has 2 atom stereocenters. The van der Waals surface area contributed by atoms with Crippen LogP contribution in [0.5, 0.6) is 0 Å². The van der Waals surface area contributed by atoms with E-state index in [1.165, 1.54) is 16.0 Å². The van der Waals surface area contributed by atoms with Gasteiger partial charge >= 0.3 is 0 Å². The van der Waals surface area contributed by atoms with Crippen molar-refractivity contribution in [2.24, 2.45) is 0 Å². The number of sulfonamides is 1. The van der Waals surface area contributed by atoms with Gasteiger partial charge in [-0.25, -0.2) is 8.42 Å². The van der Waals surface area contributed by atoms with Gasteiger partial charge in [-0.15, -0.1) is 11.3 Å². The van der Waals surface area contributed by atoms with Crippen LogP contribution in [-0.4, -0.2) is 44.6 Å². The van der Waals surface area contributed by atoms with Crippen LogP contribution in [0.1, 0.15) is 39.3 Å². The predicted molar refractivity (Wildman–Crippen MR) is 130 cm³/mol. The molecule has 1 aliphatic rings. The van der Waals surface area contributed by atoms with Crippen LogP contribution in [0.15, 0.2) is 66.0 Å². The smallest absolute Gasteiger partial charge is 0.251 e. The summed E-state index contributed by atoms with van der Waals surface area (Å²) in [7, 11) is -3.34. The Balaban J connectivity index is 1.43. The molecule has 2 aromatic carbocycles. The van der Waals surface area contributed by atoms with Crippen molar-refractivity contribution < 1.29 is 13.2 Å². The van der Waals surface area contributed by atoms with Crippen LogP contribution in [0, 0.1) is 0 Å². The number of anilines is 1. The van der Waals surface area contributed by atoms with Crippen molar-refractivity contribution in [3.05, 3.63) is 87.6 Å². The van der Waals surface area contributed by atoms with Gasteiger partial charge in [-0.3, -0.25) is 14.4 Å². The fourth-order valence-electron chi connectivity index (χ4n) is 4.23. The zero-order chi connectivity index (χ0) is 22.7. The molecule has 3 aromatic rings. The van der Waals surface area contributed by atoms with Crippen molar-refractivity contribution in [3.8, 4) is 0 Å². The van der Waals surface area contributed by atoms with Crippen molar-refractivity contribution in [3.63, 3.8) is 0 Å². The average molecular weight is 470 g/mol. The second-order valence-electron chi connectivity index (χ2n) is 8.12. The summed E-state index contributed by atoms with van der Waals surface area (Å²) >= 11 is 1.80. The molecule has 2 heterocycles. The van der Waals surface area contributed by atoms with E-state index in [1.54, 1.807) is 35.6 Å². The number of nitrogens with zero attached hydrogens (tertiary/aromatic N) is 1. The lowest BCUT2D eigenvalue weighted by molar-refractivity contribution is 0.0935. The molecule has 0 saturated heterocycles. The van der Waals surface area contributed by atoms with E-state index in [1.807, 2.05) is 6.07 Å². The van der Waals surface area contributed by atoms with E-state index in [0.29, 0.717) is 23.8 Å². The molecule has 0 spiro atoms. The van der Waals surface area contributed by atoms with E-state index in [2.05, 4.69) is 57.6 Å². The summed E-state index contributed by atoms with van der Waals surface area (Å²) in [5.74, 6) is -0.173. The first-order valence-corrected chi connectivity index (χ1v) is 13.3. The van der Waals surface area contributed by atoms with Gasteiger partial charge in [0.2, 0.25) is 10.0 Å². The highest BCUT2D eigenvalue weighted by Gasteiger charge is 2.33. The highest BCUT2D eigenvalue weighted by atomic mass is 32.2. The Hall–Kier alpha value is -2.68. The number of thiophene rings is 1. The Kier molecular flexibility index (Phi) is 6.64. The fourth-order valence-corrected chi connectivity index (χ4v) is 5.87. The van der Waals surface area contributed by atoms with Gasteiger partial charge in [-0.05, 0) is 60.2 Å². The number of carbonyl (C=O) groups is 1. The first-order chi connectivity index (χ1) is 15.3. The van der Waals surface area contributed by atoms with Gasteiger partial charge in [0.15, 0.2) is 0 Å². The summed E-state index contributed by atoms with van der Waals surface area (Å²) in [6.45, 7) is 3.50. The van der Waals surface area contributed by atoms with E-state index >= 15 is 0 Å². The van der Waals surface area contributed by atoms with Crippen LogP contribution in [0.25, 0.3) is 0 Å². The SMILES string of the molecule is C[C@@H]1Cc2ccsc2[C@H](c2ccccc2)N1CCNC(=O)c1ccc(NS(C)(=O)=O)cc1. The third-order valence-electron chi connectivity index (χ3n) is 5.66. The van der Waals surface area contributed by atoms with Crippen LogP contribution >= 0.6 is 11.3 Å². The highest BCUT2D eigenvalue weighted by molar-refractivity contribution is 7.92. The second kappa shape index (κ2) is 9.44. The number of benzene rings is 2. The Morgan fingerprint density at radius 1 is 1.09 bits per heavy atom. The topological polar surface area (TPSA) is 78.5 Å². The summed E-state index contributed by atoms with van der Waals surface area (Å²) in [4.78, 5) is 16.5. The van der Waals surface area contributed by atoms with E-state index in [4.69, 9.17) is 0 Å². The Labute approximate surface area is 193 Å². The third kappa shape index (κ3) is 5.20. The van der Waals surface area contributed by atoms with Crippen LogP contribution in [-0.2, 0) is 16.4 Å². The largest absolute Gasteiger partial charge is 0.351 e. The predicted octanol–water partition coefficient (Wildman–Crippen LogP) is 3.89. The molecule has 1 amide bonds. The molecule has 6 nitrogen and oxygen atoms in total. The summed E-state index contributed by atoms with van der Waals surface area (Å²) < 4.78 is 25.1. The molecule has 0 saturated carbocycles. The fraction of sp³-hybridized carbons (Fsp3) is 0.292. The summed E-state index contributed by atoms with van der Waals surface area (Å²) in [6.07, 6.45) is 2.10. The minimum Gasteiger partial charge on any atom is -0.351 e. The summed E-state index contributed by atoms with van der Waals surface area (Å²) in [5.41, 5.74) is 3.61. The van der Waals surface area contributed by atoms with E-state index < -0.39 is 10.0 Å². The minimum atomic E-state index is -3.34. The van der Waals surface area contributed by atoms with Gasteiger partial charge in [0.25, 0.3) is 5.91 Å². The number of hydrogen-bond acceptors (Lipinski definition) is 5. The monoisotopic (exact) mass is 469 g/mol. The number of hydrogen-bond donors (Lipinski definition) is 2. The Morgan fingerprint density at radius 3 is 2.50 bits per heavy atom. The van der Waals surface area contributed by atoms with Crippen molar-refractivity contribution in [1.29, 1.82) is 0 Å². The summed E-state index contributed by atoms with van der Waals surface area (Å²) in [5, 5.41) is 5.18. The number of carbonyl (C=O) groups excluding carboxylic acids is 1. The van der Waals surface area contributed by atoms with E-state index in [-0.39, 0.29) is 11.9 Å². The van der Waals surface area contributed by atoms with Gasteiger partial charge in [0.1, 0.15) is 0 Å². The summed E-state index contributed by atoms with van der Waals surface area (Å²) in [6, 6.07) is 19.7. The van der Waals surface area contributed by atoms with E-state index in [9.17, 15) is 13.2 Å². The average Bonchev–Trinajstić information content (AvgIpc) is 3.21. The van der Waals surface area contributed by atoms with Gasteiger partial charge < -0.3 is 5.32 Å². The molecule has 0 radical (unpaired) electrons. The Morgan fingerprint density at radius 2 is 1.81 bits per heavy atom. The van der Waals surface area contributed by atoms with Crippen LogP contribution < -0.4 is 10.0 Å². The molecule has 1 aliphatic heterocycles. The first-order valence-electron chi connectivity index (χ1n) is 10.5. The third-order valence-corrected chi connectivity index (χ3v) is 7.28. The van der Waals surface area contributed by atoms with Crippen LogP contribution in [0.3, 0.4) is 0 Å². The first kappa shape index (κ1) is 22.5. The molecule has 8 heteroatoms. The van der Waals surface area contributed by atoms with Gasteiger partial charge in [0.05, 0.1) is 12.3 Å². The van der Waals surface area contributed by atoms with Gasteiger partial charge in [0, 0.05) is 35.3 Å². The molecule has 0 unspecified atom stereocenters. The van der Waals surface area contributed by atoms with Gasteiger partial charge in [-0.1, -0.05) is 30.3 Å². The lowest BCUT2D eigenvalue weighted by atomic mass is 9.91.